The average Bonchev–Trinajstić information content (AvgIpc) is 3.23. The molecular weight excluding hydrogens is 386 g/mol. The number of aryl methyl sites for hydroxylation is 2. The number of amides is 3. The van der Waals surface area contributed by atoms with Crippen LogP contribution >= 0.6 is 11.3 Å². The van der Waals surface area contributed by atoms with Crippen LogP contribution in [0.1, 0.15) is 44.5 Å². The first-order chi connectivity index (χ1) is 13.9. The Balaban J connectivity index is 1.62. The molecule has 0 N–H and O–H groups in total. The Morgan fingerprint density at radius 3 is 2.31 bits per heavy atom. The molecule has 1 aliphatic rings. The maximum Gasteiger partial charge on any atom is 0.261 e. The second kappa shape index (κ2) is 7.25. The van der Waals surface area contributed by atoms with Gasteiger partial charge in [-0.05, 0) is 37.6 Å². The van der Waals surface area contributed by atoms with Crippen LogP contribution in [0.3, 0.4) is 0 Å². The predicted octanol–water partition coefficient (Wildman–Crippen LogP) is 4.24. The first kappa shape index (κ1) is 19.0. The van der Waals surface area contributed by atoms with Crippen LogP contribution in [-0.4, -0.2) is 27.6 Å². The van der Waals surface area contributed by atoms with Crippen LogP contribution < -0.4 is 4.90 Å². The lowest BCUT2D eigenvalue weighted by Crippen LogP contribution is -2.29. The molecule has 0 aliphatic carbocycles. The highest BCUT2D eigenvalue weighted by molar-refractivity contribution is 7.14. The van der Waals surface area contributed by atoms with Crippen LogP contribution in [0, 0.1) is 13.8 Å². The molecule has 3 amide bonds. The van der Waals surface area contributed by atoms with Gasteiger partial charge in [-0.15, -0.1) is 11.3 Å². The largest absolute Gasteiger partial charge is 0.274 e. The second-order valence-corrected chi connectivity index (χ2v) is 7.84. The molecule has 2 heterocycles. The van der Waals surface area contributed by atoms with E-state index in [0.717, 1.165) is 16.8 Å². The molecule has 0 unspecified atom stereocenters. The zero-order valence-corrected chi connectivity index (χ0v) is 17.1. The number of hydrogen-bond acceptors (Lipinski definition) is 5. The van der Waals surface area contributed by atoms with Crippen molar-refractivity contribution in [2.45, 2.75) is 27.3 Å². The van der Waals surface area contributed by atoms with Gasteiger partial charge in [0.25, 0.3) is 11.8 Å². The Morgan fingerprint density at radius 1 is 1.07 bits per heavy atom. The van der Waals surface area contributed by atoms with Crippen molar-refractivity contribution in [1.29, 1.82) is 0 Å². The van der Waals surface area contributed by atoms with Crippen molar-refractivity contribution in [1.82, 2.24) is 9.88 Å². The Labute approximate surface area is 172 Å². The maximum absolute atomic E-state index is 12.6. The molecule has 0 fully saturated rings. The van der Waals surface area contributed by atoms with E-state index in [2.05, 4.69) is 4.98 Å². The molecule has 0 saturated carbocycles. The number of anilines is 2. The van der Waals surface area contributed by atoms with Crippen LogP contribution in [-0.2, 0) is 11.3 Å². The summed E-state index contributed by atoms with van der Waals surface area (Å²) in [6.07, 6.45) is 0. The number of imide groups is 1. The monoisotopic (exact) mass is 405 g/mol. The number of nitrogens with zero attached hydrogens (tertiary/aromatic N) is 3. The summed E-state index contributed by atoms with van der Waals surface area (Å²) in [7, 11) is 0. The molecule has 3 aromatic rings. The van der Waals surface area contributed by atoms with Crippen LogP contribution in [0.15, 0.2) is 47.8 Å². The summed E-state index contributed by atoms with van der Waals surface area (Å²) in [5, 5.41) is 2.29. The number of rotatable bonds is 4. The van der Waals surface area contributed by atoms with E-state index in [1.165, 1.54) is 23.2 Å². The Bertz CT molecular complexity index is 1120. The highest BCUT2D eigenvalue weighted by Crippen LogP contribution is 2.32. The molecule has 6 nitrogen and oxygen atoms in total. The first-order valence-corrected chi connectivity index (χ1v) is 10.0. The zero-order valence-electron chi connectivity index (χ0n) is 16.3. The van der Waals surface area contributed by atoms with Gasteiger partial charge in [0.1, 0.15) is 0 Å². The van der Waals surface area contributed by atoms with E-state index in [0.29, 0.717) is 22.0 Å². The minimum atomic E-state index is -0.321. The summed E-state index contributed by atoms with van der Waals surface area (Å²) in [6, 6.07) is 12.6. The molecule has 146 valence electrons. The molecule has 1 aromatic heterocycles. The summed E-state index contributed by atoms with van der Waals surface area (Å²) in [6.45, 7) is 5.51. The quantitative estimate of drug-likeness (QED) is 0.609. The van der Waals surface area contributed by atoms with Crippen LogP contribution in [0.25, 0.3) is 0 Å². The number of carbonyl (C=O) groups excluding carboxylic acids is 3. The number of fused-ring (bicyclic) bond motifs is 1. The van der Waals surface area contributed by atoms with Gasteiger partial charge in [0.2, 0.25) is 5.91 Å². The van der Waals surface area contributed by atoms with Crippen molar-refractivity contribution in [3.8, 4) is 0 Å². The molecule has 0 atom stereocenters. The van der Waals surface area contributed by atoms with Crippen molar-refractivity contribution < 1.29 is 14.4 Å². The third kappa shape index (κ3) is 3.34. The van der Waals surface area contributed by atoms with Crippen molar-refractivity contribution in [2.75, 3.05) is 4.90 Å². The number of thiazole rings is 1. The van der Waals surface area contributed by atoms with E-state index < -0.39 is 0 Å². The molecule has 4 rings (SSSR count). The predicted molar refractivity (Wildman–Crippen MR) is 111 cm³/mol. The summed E-state index contributed by atoms with van der Waals surface area (Å²) in [5.41, 5.74) is 4.24. The molecule has 0 bridgehead atoms. The summed E-state index contributed by atoms with van der Waals surface area (Å²) >= 11 is 1.31. The van der Waals surface area contributed by atoms with E-state index in [-0.39, 0.29) is 24.3 Å². The standard InChI is InChI=1S/C22H19N3O3S/c1-13-8-9-19(14(2)10-13)25(15(3)26)22-23-16(12-29-22)11-24-20(27)17-6-4-5-7-18(17)21(24)28/h4-10,12H,11H2,1-3H3. The van der Waals surface area contributed by atoms with Crippen LogP contribution in [0.2, 0.25) is 0 Å². The number of benzene rings is 2. The van der Waals surface area contributed by atoms with Gasteiger partial charge in [0.05, 0.1) is 29.1 Å². The maximum atomic E-state index is 12.6. The zero-order chi connectivity index (χ0) is 20.7. The molecule has 0 spiro atoms. The lowest BCUT2D eigenvalue weighted by atomic mass is 10.1. The summed E-state index contributed by atoms with van der Waals surface area (Å²) < 4.78 is 0. The Kier molecular flexibility index (Phi) is 4.76. The number of hydrogen-bond donors (Lipinski definition) is 0. The van der Waals surface area contributed by atoms with Gasteiger partial charge in [0.15, 0.2) is 5.13 Å². The summed E-state index contributed by atoms with van der Waals surface area (Å²) in [5.74, 6) is -0.797. The molecule has 0 radical (unpaired) electrons. The van der Waals surface area contributed by atoms with Crippen molar-refractivity contribution in [2.24, 2.45) is 0 Å². The van der Waals surface area contributed by atoms with Gasteiger partial charge < -0.3 is 0 Å². The Hall–Kier alpha value is -3.32. The van der Waals surface area contributed by atoms with Crippen molar-refractivity contribution >= 4 is 39.9 Å². The molecular formula is C22H19N3O3S. The third-order valence-corrected chi connectivity index (χ3v) is 5.71. The molecule has 0 saturated heterocycles. The lowest BCUT2D eigenvalue weighted by molar-refractivity contribution is -0.115. The van der Waals surface area contributed by atoms with E-state index in [1.54, 1.807) is 34.5 Å². The topological polar surface area (TPSA) is 70.6 Å². The second-order valence-electron chi connectivity index (χ2n) is 7.01. The fourth-order valence-electron chi connectivity index (χ4n) is 3.48. The van der Waals surface area contributed by atoms with Gasteiger partial charge in [-0.25, -0.2) is 4.98 Å². The molecule has 2 aromatic carbocycles. The van der Waals surface area contributed by atoms with Gasteiger partial charge in [0, 0.05) is 12.3 Å². The average molecular weight is 405 g/mol. The minimum absolute atomic E-state index is 0.0709. The normalized spacial score (nSPS) is 13.0. The van der Waals surface area contributed by atoms with Crippen molar-refractivity contribution in [3.63, 3.8) is 0 Å². The van der Waals surface area contributed by atoms with Crippen LogP contribution in [0.4, 0.5) is 10.8 Å². The van der Waals surface area contributed by atoms with E-state index in [4.69, 9.17) is 0 Å². The fraction of sp³-hybridized carbons (Fsp3) is 0.182. The SMILES string of the molecule is CC(=O)N(c1nc(CN2C(=O)c3ccccc3C2=O)cs1)c1ccc(C)cc1C. The van der Waals surface area contributed by atoms with E-state index in [1.807, 2.05) is 32.0 Å². The third-order valence-electron chi connectivity index (χ3n) is 4.84. The molecule has 29 heavy (non-hydrogen) atoms. The van der Waals surface area contributed by atoms with Gasteiger partial charge in [-0.2, -0.15) is 0 Å². The lowest BCUT2D eigenvalue weighted by Gasteiger charge is -2.20. The fourth-order valence-corrected chi connectivity index (χ4v) is 4.35. The highest BCUT2D eigenvalue weighted by atomic mass is 32.1. The number of aromatic nitrogens is 1. The van der Waals surface area contributed by atoms with E-state index in [9.17, 15) is 14.4 Å². The van der Waals surface area contributed by atoms with Crippen LogP contribution in [0.5, 0.6) is 0 Å². The van der Waals surface area contributed by atoms with Gasteiger partial charge in [-0.3, -0.25) is 24.2 Å². The van der Waals surface area contributed by atoms with Crippen molar-refractivity contribution in [3.05, 3.63) is 75.8 Å². The summed E-state index contributed by atoms with van der Waals surface area (Å²) in [4.78, 5) is 44.8. The van der Waals surface area contributed by atoms with Gasteiger partial charge in [-0.1, -0.05) is 29.8 Å². The number of carbonyl (C=O) groups is 3. The molecule has 7 heteroatoms. The molecule has 1 aliphatic heterocycles. The van der Waals surface area contributed by atoms with E-state index >= 15 is 0 Å². The smallest absolute Gasteiger partial charge is 0.261 e. The Morgan fingerprint density at radius 2 is 1.72 bits per heavy atom. The van der Waals surface area contributed by atoms with Gasteiger partial charge >= 0.3 is 0 Å². The highest BCUT2D eigenvalue weighted by Gasteiger charge is 2.35. The first-order valence-electron chi connectivity index (χ1n) is 9.14. The minimum Gasteiger partial charge on any atom is -0.274 e.